The summed E-state index contributed by atoms with van der Waals surface area (Å²) in [5, 5.41) is 0. The van der Waals surface area contributed by atoms with Gasteiger partial charge in [-0.3, -0.25) is 0 Å². The van der Waals surface area contributed by atoms with Gasteiger partial charge in [-0.25, -0.2) is 0 Å². The lowest BCUT2D eigenvalue weighted by Crippen LogP contribution is -2.29. The van der Waals surface area contributed by atoms with Crippen molar-refractivity contribution in [1.82, 2.24) is 4.90 Å². The van der Waals surface area contributed by atoms with E-state index >= 15 is 0 Å². The molecule has 0 spiro atoms. The number of nitrogens with zero attached hydrogens (tertiary/aromatic N) is 1. The molecule has 1 aliphatic heterocycles. The Morgan fingerprint density at radius 2 is 2.38 bits per heavy atom. The second-order valence-electron chi connectivity index (χ2n) is 2.66. The lowest BCUT2D eigenvalue weighted by atomic mass is 9.81. The Labute approximate surface area is 52.5 Å². The van der Waals surface area contributed by atoms with Gasteiger partial charge in [0.1, 0.15) is 0 Å². The molecular weight excluding hydrogens is 96.9 g/mol. The molecule has 0 aromatic heterocycles. The van der Waals surface area contributed by atoms with E-state index in [2.05, 4.69) is 11.9 Å². The molecule has 0 aromatic rings. The minimum absolute atomic E-state index is 0.439. The summed E-state index contributed by atoms with van der Waals surface area (Å²) in [5.74, 6) is 0.439. The maximum absolute atomic E-state index is 5.68. The first-order valence-corrected chi connectivity index (χ1v) is 3.23. The van der Waals surface area contributed by atoms with E-state index in [0.29, 0.717) is 5.82 Å². The van der Waals surface area contributed by atoms with Crippen molar-refractivity contribution in [1.29, 1.82) is 0 Å². The van der Waals surface area contributed by atoms with Crippen LogP contribution in [0.3, 0.4) is 0 Å². The highest BCUT2D eigenvalue weighted by molar-refractivity contribution is 6.11. The average molecular weight is 109 g/mol. The maximum Gasteiger partial charge on any atom is 0.0716 e. The average Bonchev–Trinajstić information content (AvgIpc) is 1.64. The third-order valence-corrected chi connectivity index (χ3v) is 1.66. The molecule has 2 heteroatoms. The van der Waals surface area contributed by atoms with Gasteiger partial charge in [-0.15, -0.1) is 0 Å². The summed E-state index contributed by atoms with van der Waals surface area (Å²) >= 11 is 0. The second-order valence-corrected chi connectivity index (χ2v) is 2.66. The van der Waals surface area contributed by atoms with Crippen molar-refractivity contribution >= 4 is 7.85 Å². The van der Waals surface area contributed by atoms with Crippen molar-refractivity contribution in [3.05, 3.63) is 0 Å². The van der Waals surface area contributed by atoms with E-state index in [1.807, 2.05) is 0 Å². The van der Waals surface area contributed by atoms with E-state index in [-0.39, 0.29) is 0 Å². The molecule has 0 saturated carbocycles. The van der Waals surface area contributed by atoms with Gasteiger partial charge >= 0.3 is 0 Å². The molecule has 1 saturated heterocycles. The largest absolute Gasteiger partial charge is 0.307 e. The molecule has 0 aromatic carbocycles. The SMILES string of the molecule is [B]C1CCCN(C)C1. The molecule has 44 valence electrons. The van der Waals surface area contributed by atoms with E-state index in [4.69, 9.17) is 7.85 Å². The predicted molar refractivity (Wildman–Crippen MR) is 36.2 cm³/mol. The first-order valence-electron chi connectivity index (χ1n) is 3.23. The van der Waals surface area contributed by atoms with Gasteiger partial charge in [0.2, 0.25) is 0 Å². The van der Waals surface area contributed by atoms with E-state index in [1.54, 1.807) is 0 Å². The predicted octanol–water partition coefficient (Wildman–Crippen LogP) is 0.669. The zero-order chi connectivity index (χ0) is 5.98. The van der Waals surface area contributed by atoms with Gasteiger partial charge in [0, 0.05) is 0 Å². The molecule has 1 fully saturated rings. The van der Waals surface area contributed by atoms with Crippen LogP contribution in [0.15, 0.2) is 0 Å². The summed E-state index contributed by atoms with van der Waals surface area (Å²) in [5.41, 5.74) is 0. The summed E-state index contributed by atoms with van der Waals surface area (Å²) in [6.45, 7) is 2.31. The lowest BCUT2D eigenvalue weighted by molar-refractivity contribution is 0.277. The first kappa shape index (κ1) is 6.15. The number of hydrogen-bond acceptors (Lipinski definition) is 1. The molecule has 1 heterocycles. The Bertz CT molecular complexity index is 66.9. The highest BCUT2D eigenvalue weighted by Gasteiger charge is 2.10. The van der Waals surface area contributed by atoms with Gasteiger partial charge in [-0.1, -0.05) is 12.2 Å². The summed E-state index contributed by atoms with van der Waals surface area (Å²) in [6, 6.07) is 0. The van der Waals surface area contributed by atoms with E-state index in [0.717, 1.165) is 6.54 Å². The third kappa shape index (κ3) is 1.51. The topological polar surface area (TPSA) is 3.24 Å². The molecule has 0 N–H and O–H groups in total. The Balaban J connectivity index is 2.23. The van der Waals surface area contributed by atoms with Crippen LogP contribution in [-0.4, -0.2) is 32.9 Å². The van der Waals surface area contributed by atoms with Crippen LogP contribution in [0.1, 0.15) is 12.8 Å². The van der Waals surface area contributed by atoms with Crippen molar-refractivity contribution < 1.29 is 0 Å². The number of hydrogen-bond donors (Lipinski definition) is 0. The summed E-state index contributed by atoms with van der Waals surface area (Å²) in [6.07, 6.45) is 2.49. The highest BCUT2D eigenvalue weighted by atomic mass is 15.1. The van der Waals surface area contributed by atoms with Crippen molar-refractivity contribution in [3.8, 4) is 0 Å². The van der Waals surface area contributed by atoms with Gasteiger partial charge in [0.25, 0.3) is 0 Å². The van der Waals surface area contributed by atoms with Crippen molar-refractivity contribution in [2.75, 3.05) is 20.1 Å². The molecule has 0 aliphatic carbocycles. The van der Waals surface area contributed by atoms with E-state index in [9.17, 15) is 0 Å². The van der Waals surface area contributed by atoms with Crippen LogP contribution < -0.4 is 0 Å². The van der Waals surface area contributed by atoms with Crippen molar-refractivity contribution in [2.24, 2.45) is 0 Å². The first-order chi connectivity index (χ1) is 3.79. The Kier molecular flexibility index (Phi) is 1.95. The zero-order valence-electron chi connectivity index (χ0n) is 5.43. The number of piperidine rings is 1. The Morgan fingerprint density at radius 3 is 2.75 bits per heavy atom. The minimum Gasteiger partial charge on any atom is -0.307 e. The maximum atomic E-state index is 5.68. The monoisotopic (exact) mass is 109 g/mol. The van der Waals surface area contributed by atoms with Crippen LogP contribution in [0, 0.1) is 0 Å². The summed E-state index contributed by atoms with van der Waals surface area (Å²) in [7, 11) is 7.81. The van der Waals surface area contributed by atoms with Gasteiger partial charge < -0.3 is 4.90 Å². The van der Waals surface area contributed by atoms with E-state index in [1.165, 1.54) is 19.4 Å². The normalized spacial score (nSPS) is 32.9. The standard InChI is InChI=1S/C6H12BN/c1-8-4-2-3-6(7)5-8/h6H,2-5H2,1H3. The molecule has 8 heavy (non-hydrogen) atoms. The molecule has 1 atom stereocenters. The molecule has 1 rings (SSSR count). The number of likely N-dealkylation sites (tertiary alicyclic amines) is 1. The van der Waals surface area contributed by atoms with Crippen LogP contribution in [0.5, 0.6) is 0 Å². The van der Waals surface area contributed by atoms with Crippen molar-refractivity contribution in [3.63, 3.8) is 0 Å². The lowest BCUT2D eigenvalue weighted by Gasteiger charge is -2.27. The molecule has 0 bridgehead atoms. The molecule has 1 nitrogen and oxygen atoms in total. The quantitative estimate of drug-likeness (QED) is 0.413. The Morgan fingerprint density at radius 1 is 1.62 bits per heavy atom. The van der Waals surface area contributed by atoms with Gasteiger partial charge in [0.05, 0.1) is 7.85 Å². The molecule has 1 unspecified atom stereocenters. The molecule has 0 amide bonds. The smallest absolute Gasteiger partial charge is 0.0716 e. The fourth-order valence-corrected chi connectivity index (χ4v) is 1.21. The van der Waals surface area contributed by atoms with Crippen LogP contribution >= 0.6 is 0 Å². The van der Waals surface area contributed by atoms with Crippen LogP contribution in [0.25, 0.3) is 0 Å². The molecule has 2 radical (unpaired) electrons. The van der Waals surface area contributed by atoms with Gasteiger partial charge in [0.15, 0.2) is 0 Å². The third-order valence-electron chi connectivity index (χ3n) is 1.66. The van der Waals surface area contributed by atoms with E-state index < -0.39 is 0 Å². The van der Waals surface area contributed by atoms with Gasteiger partial charge in [-0.05, 0) is 26.6 Å². The summed E-state index contributed by atoms with van der Waals surface area (Å²) in [4.78, 5) is 2.29. The fraction of sp³-hybridized carbons (Fsp3) is 1.00. The van der Waals surface area contributed by atoms with Gasteiger partial charge in [-0.2, -0.15) is 0 Å². The Hall–Kier alpha value is 0.0249. The van der Waals surface area contributed by atoms with Crippen molar-refractivity contribution in [2.45, 2.75) is 18.7 Å². The second kappa shape index (κ2) is 2.54. The molecule has 1 aliphatic rings. The number of rotatable bonds is 0. The zero-order valence-corrected chi connectivity index (χ0v) is 5.43. The van der Waals surface area contributed by atoms with Crippen LogP contribution in [0.4, 0.5) is 0 Å². The minimum atomic E-state index is 0.439. The van der Waals surface area contributed by atoms with Crippen LogP contribution in [0.2, 0.25) is 5.82 Å². The summed E-state index contributed by atoms with van der Waals surface area (Å²) < 4.78 is 0. The fourth-order valence-electron chi connectivity index (χ4n) is 1.21. The molecular formula is C6H12BN. The van der Waals surface area contributed by atoms with Crippen LogP contribution in [-0.2, 0) is 0 Å². The highest BCUT2D eigenvalue weighted by Crippen LogP contribution is 2.15.